The number of hydrogen-bond acceptors (Lipinski definition) is 5. The molecule has 1 aromatic heterocycles. The summed E-state index contributed by atoms with van der Waals surface area (Å²) in [6, 6.07) is 15.3. The normalized spacial score (nSPS) is 16.0. The molecular formula is C19H16ClN3O2S. The molecule has 4 rings (SSSR count). The zero-order valence-corrected chi connectivity index (χ0v) is 15.3. The molecule has 2 aromatic carbocycles. The average molecular weight is 386 g/mol. The van der Waals surface area contributed by atoms with Crippen LogP contribution in [0.2, 0.25) is 5.02 Å². The SMILES string of the molecule is Nc1nc2c(s1)[C@@H](c1ccccc1OCc1cccc(Cl)c1)CC(=O)N2. The quantitative estimate of drug-likeness (QED) is 0.696. The van der Waals surface area contributed by atoms with Crippen LogP contribution in [0.25, 0.3) is 0 Å². The minimum atomic E-state index is -0.121. The highest BCUT2D eigenvalue weighted by Gasteiger charge is 2.31. The van der Waals surface area contributed by atoms with Gasteiger partial charge in [0, 0.05) is 22.9 Å². The second-order valence-electron chi connectivity index (χ2n) is 6.03. The van der Waals surface area contributed by atoms with Crippen molar-refractivity contribution >= 4 is 39.8 Å². The highest BCUT2D eigenvalue weighted by atomic mass is 35.5. The number of halogens is 1. The number of nitrogen functional groups attached to an aromatic ring is 1. The van der Waals surface area contributed by atoms with Gasteiger partial charge in [0.2, 0.25) is 5.91 Å². The Labute approximate surface area is 159 Å². The molecule has 1 atom stereocenters. The van der Waals surface area contributed by atoms with Crippen molar-refractivity contribution < 1.29 is 9.53 Å². The largest absolute Gasteiger partial charge is 0.489 e. The van der Waals surface area contributed by atoms with Crippen molar-refractivity contribution in [3.05, 3.63) is 69.6 Å². The van der Waals surface area contributed by atoms with E-state index >= 15 is 0 Å². The Morgan fingerprint density at radius 2 is 2.12 bits per heavy atom. The first-order valence-corrected chi connectivity index (χ1v) is 9.32. The van der Waals surface area contributed by atoms with Gasteiger partial charge in [0.1, 0.15) is 18.2 Å². The topological polar surface area (TPSA) is 77.2 Å². The van der Waals surface area contributed by atoms with Gasteiger partial charge in [0.05, 0.1) is 4.88 Å². The van der Waals surface area contributed by atoms with Gasteiger partial charge in [0.25, 0.3) is 0 Å². The number of nitrogens with two attached hydrogens (primary N) is 1. The first-order valence-electron chi connectivity index (χ1n) is 8.12. The van der Waals surface area contributed by atoms with Gasteiger partial charge in [-0.2, -0.15) is 0 Å². The Hall–Kier alpha value is -2.57. The number of aromatic nitrogens is 1. The van der Waals surface area contributed by atoms with Gasteiger partial charge in [-0.05, 0) is 23.8 Å². The number of carbonyl (C=O) groups is 1. The fourth-order valence-electron chi connectivity index (χ4n) is 3.07. The number of fused-ring (bicyclic) bond motifs is 1. The summed E-state index contributed by atoms with van der Waals surface area (Å²) in [6.45, 7) is 0.397. The molecule has 132 valence electrons. The first-order chi connectivity index (χ1) is 12.6. The van der Waals surface area contributed by atoms with Gasteiger partial charge in [-0.1, -0.05) is 53.3 Å². The average Bonchev–Trinajstić information content (AvgIpc) is 2.99. The van der Waals surface area contributed by atoms with Crippen LogP contribution in [0.4, 0.5) is 10.9 Å². The summed E-state index contributed by atoms with van der Waals surface area (Å²) in [7, 11) is 0. The van der Waals surface area contributed by atoms with Crippen LogP contribution < -0.4 is 15.8 Å². The summed E-state index contributed by atoms with van der Waals surface area (Å²) < 4.78 is 6.05. The number of hydrogen-bond donors (Lipinski definition) is 2. The maximum atomic E-state index is 12.1. The Morgan fingerprint density at radius 1 is 1.27 bits per heavy atom. The van der Waals surface area contributed by atoms with Crippen molar-refractivity contribution in [1.29, 1.82) is 0 Å². The van der Waals surface area contributed by atoms with Gasteiger partial charge in [0.15, 0.2) is 5.13 Å². The van der Waals surface area contributed by atoms with E-state index < -0.39 is 0 Å². The van der Waals surface area contributed by atoms with E-state index in [1.165, 1.54) is 11.3 Å². The summed E-state index contributed by atoms with van der Waals surface area (Å²) in [5.41, 5.74) is 7.78. The number of anilines is 2. The number of rotatable bonds is 4. The molecule has 0 saturated carbocycles. The Morgan fingerprint density at radius 3 is 2.96 bits per heavy atom. The molecule has 0 bridgehead atoms. The van der Waals surface area contributed by atoms with E-state index in [2.05, 4.69) is 10.3 Å². The summed E-state index contributed by atoms with van der Waals surface area (Å²) in [6.07, 6.45) is 0.339. The minimum absolute atomic E-state index is 0.0718. The van der Waals surface area contributed by atoms with Crippen LogP contribution in [-0.2, 0) is 11.4 Å². The van der Waals surface area contributed by atoms with E-state index in [1.807, 2.05) is 48.5 Å². The summed E-state index contributed by atoms with van der Waals surface area (Å²) in [4.78, 5) is 17.3. The van der Waals surface area contributed by atoms with Crippen molar-refractivity contribution in [2.75, 3.05) is 11.1 Å². The Balaban J connectivity index is 1.65. The number of benzene rings is 2. The third kappa shape index (κ3) is 3.38. The monoisotopic (exact) mass is 385 g/mol. The number of carbonyl (C=O) groups excluding carboxylic acids is 1. The van der Waals surface area contributed by atoms with Crippen LogP contribution in [0.5, 0.6) is 5.75 Å². The highest BCUT2D eigenvalue weighted by molar-refractivity contribution is 7.16. The predicted molar refractivity (Wildman–Crippen MR) is 104 cm³/mol. The molecule has 7 heteroatoms. The second kappa shape index (κ2) is 6.97. The van der Waals surface area contributed by atoms with E-state index in [4.69, 9.17) is 22.1 Å². The molecule has 0 unspecified atom stereocenters. The first kappa shape index (κ1) is 16.9. The molecule has 5 nitrogen and oxygen atoms in total. The van der Waals surface area contributed by atoms with Crippen LogP contribution in [0, 0.1) is 0 Å². The number of thiazole rings is 1. The van der Waals surface area contributed by atoms with Gasteiger partial charge >= 0.3 is 0 Å². The minimum Gasteiger partial charge on any atom is -0.489 e. The number of amides is 1. The lowest BCUT2D eigenvalue weighted by Gasteiger charge is -2.23. The van der Waals surface area contributed by atoms with Crippen molar-refractivity contribution in [2.45, 2.75) is 18.9 Å². The van der Waals surface area contributed by atoms with Crippen molar-refractivity contribution in [1.82, 2.24) is 4.98 Å². The molecule has 3 N–H and O–H groups in total. The fourth-order valence-corrected chi connectivity index (χ4v) is 4.20. The molecule has 0 spiro atoms. The van der Waals surface area contributed by atoms with E-state index in [-0.39, 0.29) is 11.8 Å². The summed E-state index contributed by atoms with van der Waals surface area (Å²) in [5.74, 6) is 1.10. The molecule has 1 aliphatic rings. The standard InChI is InChI=1S/C19H16ClN3O2S/c20-12-5-3-4-11(8-12)10-25-15-7-2-1-6-13(15)14-9-16(24)22-18-17(14)26-19(21)23-18/h1-8,14H,9-10H2,(H2,21,23)(H,22,24)/t14-/m1/s1. The van der Waals surface area contributed by atoms with Crippen LogP contribution in [-0.4, -0.2) is 10.9 Å². The van der Waals surface area contributed by atoms with Crippen LogP contribution >= 0.6 is 22.9 Å². The molecule has 1 aliphatic heterocycles. The molecule has 26 heavy (non-hydrogen) atoms. The third-order valence-corrected chi connectivity index (χ3v) is 5.44. The van der Waals surface area contributed by atoms with Crippen molar-refractivity contribution in [3.63, 3.8) is 0 Å². The number of nitrogens with one attached hydrogen (secondary N) is 1. The number of ether oxygens (including phenoxy) is 1. The van der Waals surface area contributed by atoms with Crippen molar-refractivity contribution in [2.24, 2.45) is 0 Å². The van der Waals surface area contributed by atoms with Gasteiger partial charge in [-0.15, -0.1) is 0 Å². The molecule has 0 radical (unpaired) electrons. The maximum absolute atomic E-state index is 12.1. The van der Waals surface area contributed by atoms with Gasteiger partial charge in [-0.3, -0.25) is 4.79 Å². The number of nitrogens with zero attached hydrogens (tertiary/aromatic N) is 1. The van der Waals surface area contributed by atoms with E-state index in [9.17, 15) is 4.79 Å². The molecule has 0 aliphatic carbocycles. The maximum Gasteiger partial charge on any atom is 0.226 e. The smallest absolute Gasteiger partial charge is 0.226 e. The molecule has 0 fully saturated rings. The molecule has 0 saturated heterocycles. The lowest BCUT2D eigenvalue weighted by atomic mass is 9.91. The zero-order chi connectivity index (χ0) is 18.1. The molecule has 2 heterocycles. The molecule has 3 aromatic rings. The summed E-state index contributed by atoms with van der Waals surface area (Å²) >= 11 is 7.44. The van der Waals surface area contributed by atoms with Gasteiger partial charge < -0.3 is 15.8 Å². The highest BCUT2D eigenvalue weighted by Crippen LogP contribution is 2.44. The number of para-hydroxylation sites is 1. The zero-order valence-electron chi connectivity index (χ0n) is 13.7. The molecule has 1 amide bonds. The van der Waals surface area contributed by atoms with Crippen LogP contribution in [0.15, 0.2) is 48.5 Å². The third-order valence-electron chi connectivity index (χ3n) is 4.21. The summed E-state index contributed by atoms with van der Waals surface area (Å²) in [5, 5.41) is 3.91. The lowest BCUT2D eigenvalue weighted by Crippen LogP contribution is -2.23. The Kier molecular flexibility index (Phi) is 4.53. The van der Waals surface area contributed by atoms with Crippen LogP contribution in [0.1, 0.15) is 28.3 Å². The van der Waals surface area contributed by atoms with E-state index in [0.717, 1.165) is 21.8 Å². The van der Waals surface area contributed by atoms with E-state index in [1.54, 1.807) is 0 Å². The van der Waals surface area contributed by atoms with Crippen molar-refractivity contribution in [3.8, 4) is 5.75 Å². The fraction of sp³-hybridized carbons (Fsp3) is 0.158. The Bertz CT molecular complexity index is 973. The van der Waals surface area contributed by atoms with E-state index in [0.29, 0.717) is 29.0 Å². The predicted octanol–water partition coefficient (Wildman–Crippen LogP) is 4.43. The van der Waals surface area contributed by atoms with Crippen LogP contribution in [0.3, 0.4) is 0 Å². The van der Waals surface area contributed by atoms with Gasteiger partial charge in [-0.25, -0.2) is 4.98 Å². The molecular weight excluding hydrogens is 370 g/mol. The lowest BCUT2D eigenvalue weighted by molar-refractivity contribution is -0.116. The second-order valence-corrected chi connectivity index (χ2v) is 7.52.